The van der Waals surface area contributed by atoms with Gasteiger partial charge in [-0.3, -0.25) is 4.98 Å². The van der Waals surface area contributed by atoms with Crippen LogP contribution >= 0.6 is 0 Å². The molecule has 0 unspecified atom stereocenters. The zero-order valence-corrected chi connectivity index (χ0v) is 8.28. The lowest BCUT2D eigenvalue weighted by molar-refractivity contribution is 1.12. The summed E-state index contributed by atoms with van der Waals surface area (Å²) < 4.78 is 0. The first-order valence-corrected chi connectivity index (χ1v) is 4.76. The quantitative estimate of drug-likeness (QED) is 0.607. The summed E-state index contributed by atoms with van der Waals surface area (Å²) in [6.07, 6.45) is 8.34. The lowest BCUT2D eigenvalue weighted by Gasteiger charge is -1.99. The number of aromatic nitrogens is 5. The molecule has 0 fully saturated rings. The highest BCUT2D eigenvalue weighted by Gasteiger charge is 2.03. The molecule has 0 saturated carbocycles. The van der Waals surface area contributed by atoms with Crippen LogP contribution in [0.2, 0.25) is 0 Å². The zero-order chi connectivity index (χ0) is 10.8. The van der Waals surface area contributed by atoms with Gasteiger partial charge in [-0.1, -0.05) is 0 Å². The maximum absolute atomic E-state index is 4.38. The van der Waals surface area contributed by atoms with E-state index in [1.165, 1.54) is 6.33 Å². The van der Waals surface area contributed by atoms with Gasteiger partial charge in [-0.15, -0.1) is 0 Å². The molecule has 0 aliphatic heterocycles. The molecule has 0 radical (unpaired) electrons. The summed E-state index contributed by atoms with van der Waals surface area (Å²) >= 11 is 0. The molecule has 0 spiro atoms. The SMILES string of the molecule is c1cc(-c2ncc3ccncc3n2)ncn1. The lowest BCUT2D eigenvalue weighted by atomic mass is 10.3. The Labute approximate surface area is 91.3 Å². The molecule has 0 aromatic carbocycles. The summed E-state index contributed by atoms with van der Waals surface area (Å²) in [6.45, 7) is 0. The standard InChI is InChI=1S/C11H7N5/c1-3-12-6-10-8(1)5-14-11(16-10)9-2-4-13-7-15-9/h1-7H. The van der Waals surface area contributed by atoms with Gasteiger partial charge in [-0.25, -0.2) is 19.9 Å². The van der Waals surface area contributed by atoms with Crippen LogP contribution in [-0.4, -0.2) is 24.9 Å². The first-order chi connectivity index (χ1) is 7.93. The Morgan fingerprint density at radius 1 is 0.875 bits per heavy atom. The molecule has 16 heavy (non-hydrogen) atoms. The fourth-order valence-electron chi connectivity index (χ4n) is 1.42. The zero-order valence-electron chi connectivity index (χ0n) is 8.28. The predicted octanol–water partition coefficient (Wildman–Crippen LogP) is 1.48. The van der Waals surface area contributed by atoms with E-state index in [1.807, 2.05) is 6.07 Å². The summed E-state index contributed by atoms with van der Waals surface area (Å²) in [6, 6.07) is 3.65. The van der Waals surface area contributed by atoms with Crippen LogP contribution in [0.5, 0.6) is 0 Å². The van der Waals surface area contributed by atoms with Crippen LogP contribution in [0.4, 0.5) is 0 Å². The first kappa shape index (κ1) is 8.84. The number of rotatable bonds is 1. The van der Waals surface area contributed by atoms with Gasteiger partial charge in [0.2, 0.25) is 0 Å². The average Bonchev–Trinajstić information content (AvgIpc) is 2.39. The fraction of sp³-hybridized carbons (Fsp3) is 0. The number of hydrogen-bond donors (Lipinski definition) is 0. The smallest absolute Gasteiger partial charge is 0.178 e. The molecule has 0 amide bonds. The van der Waals surface area contributed by atoms with Crippen LogP contribution in [0.3, 0.4) is 0 Å². The van der Waals surface area contributed by atoms with Crippen LogP contribution in [0.1, 0.15) is 0 Å². The molecule has 0 aliphatic rings. The van der Waals surface area contributed by atoms with Crippen molar-refractivity contribution in [1.29, 1.82) is 0 Å². The van der Waals surface area contributed by atoms with Crippen molar-refractivity contribution >= 4 is 10.9 Å². The summed E-state index contributed by atoms with van der Waals surface area (Å²) in [5, 5.41) is 0.966. The minimum atomic E-state index is 0.586. The second kappa shape index (κ2) is 3.62. The minimum absolute atomic E-state index is 0.586. The van der Waals surface area contributed by atoms with Gasteiger partial charge < -0.3 is 0 Å². The van der Waals surface area contributed by atoms with E-state index >= 15 is 0 Å². The molecular formula is C11H7N5. The molecule has 3 aromatic heterocycles. The second-order valence-corrected chi connectivity index (χ2v) is 3.22. The monoisotopic (exact) mass is 209 g/mol. The normalized spacial score (nSPS) is 10.5. The van der Waals surface area contributed by atoms with E-state index in [0.717, 1.165) is 10.9 Å². The Morgan fingerprint density at radius 3 is 2.69 bits per heavy atom. The fourth-order valence-corrected chi connectivity index (χ4v) is 1.42. The molecule has 5 heteroatoms. The Bertz CT molecular complexity index is 623. The molecule has 0 bridgehead atoms. The summed E-state index contributed by atoms with van der Waals surface area (Å²) in [5.41, 5.74) is 1.52. The van der Waals surface area contributed by atoms with Crippen LogP contribution in [0, 0.1) is 0 Å². The van der Waals surface area contributed by atoms with Gasteiger partial charge in [0.25, 0.3) is 0 Å². The summed E-state index contributed by atoms with van der Waals surface area (Å²) in [5.74, 6) is 0.586. The molecule has 3 heterocycles. The van der Waals surface area contributed by atoms with Crippen molar-refractivity contribution in [3.8, 4) is 11.5 Å². The van der Waals surface area contributed by atoms with Crippen LogP contribution in [-0.2, 0) is 0 Å². The maximum Gasteiger partial charge on any atom is 0.178 e. The molecular weight excluding hydrogens is 202 g/mol. The van der Waals surface area contributed by atoms with Gasteiger partial charge in [0, 0.05) is 24.0 Å². The van der Waals surface area contributed by atoms with Crippen molar-refractivity contribution in [2.24, 2.45) is 0 Å². The van der Waals surface area contributed by atoms with Gasteiger partial charge in [-0.05, 0) is 12.1 Å². The molecule has 0 saturated heterocycles. The highest BCUT2D eigenvalue weighted by molar-refractivity contribution is 5.77. The molecule has 0 atom stereocenters. The second-order valence-electron chi connectivity index (χ2n) is 3.22. The van der Waals surface area contributed by atoms with Crippen molar-refractivity contribution in [2.75, 3.05) is 0 Å². The Morgan fingerprint density at radius 2 is 1.81 bits per heavy atom. The maximum atomic E-state index is 4.38. The van der Waals surface area contributed by atoms with Crippen LogP contribution in [0.25, 0.3) is 22.4 Å². The van der Waals surface area contributed by atoms with Gasteiger partial charge in [0.1, 0.15) is 12.0 Å². The Kier molecular flexibility index (Phi) is 2.00. The highest BCUT2D eigenvalue weighted by Crippen LogP contribution is 2.14. The number of fused-ring (bicyclic) bond motifs is 1. The van der Waals surface area contributed by atoms with Gasteiger partial charge in [0.15, 0.2) is 5.82 Å². The Hall–Kier alpha value is -2.43. The van der Waals surface area contributed by atoms with Crippen molar-refractivity contribution in [2.45, 2.75) is 0 Å². The Balaban J connectivity index is 2.19. The molecule has 5 nitrogen and oxygen atoms in total. The third kappa shape index (κ3) is 1.48. The van der Waals surface area contributed by atoms with E-state index in [1.54, 1.807) is 30.9 Å². The van der Waals surface area contributed by atoms with E-state index in [4.69, 9.17) is 0 Å². The highest BCUT2D eigenvalue weighted by atomic mass is 14.9. The van der Waals surface area contributed by atoms with Gasteiger partial charge >= 0.3 is 0 Å². The molecule has 76 valence electrons. The van der Waals surface area contributed by atoms with Crippen molar-refractivity contribution in [1.82, 2.24) is 24.9 Å². The third-order valence-electron chi connectivity index (χ3n) is 2.20. The molecule has 3 rings (SSSR count). The molecule has 0 N–H and O–H groups in total. The average molecular weight is 209 g/mol. The lowest BCUT2D eigenvalue weighted by Crippen LogP contribution is -1.92. The van der Waals surface area contributed by atoms with Crippen molar-refractivity contribution in [3.63, 3.8) is 0 Å². The van der Waals surface area contributed by atoms with Gasteiger partial charge in [-0.2, -0.15) is 0 Å². The predicted molar refractivity (Wildman–Crippen MR) is 58.4 cm³/mol. The van der Waals surface area contributed by atoms with Crippen LogP contribution in [0.15, 0.2) is 43.2 Å². The molecule has 0 aliphatic carbocycles. The number of pyridine rings is 1. The topological polar surface area (TPSA) is 64.5 Å². The van der Waals surface area contributed by atoms with E-state index in [2.05, 4.69) is 24.9 Å². The van der Waals surface area contributed by atoms with E-state index in [-0.39, 0.29) is 0 Å². The van der Waals surface area contributed by atoms with E-state index in [9.17, 15) is 0 Å². The van der Waals surface area contributed by atoms with Crippen molar-refractivity contribution in [3.05, 3.63) is 43.2 Å². The summed E-state index contributed by atoms with van der Waals surface area (Å²) in [4.78, 5) is 20.6. The molecule has 3 aromatic rings. The third-order valence-corrected chi connectivity index (χ3v) is 2.20. The largest absolute Gasteiger partial charge is 0.262 e. The van der Waals surface area contributed by atoms with Crippen molar-refractivity contribution < 1.29 is 0 Å². The first-order valence-electron chi connectivity index (χ1n) is 4.76. The number of nitrogens with zero attached hydrogens (tertiary/aromatic N) is 5. The van der Waals surface area contributed by atoms with Gasteiger partial charge in [0.05, 0.1) is 11.7 Å². The summed E-state index contributed by atoms with van der Waals surface area (Å²) in [7, 11) is 0. The number of hydrogen-bond acceptors (Lipinski definition) is 5. The van der Waals surface area contributed by atoms with Crippen LogP contribution < -0.4 is 0 Å². The van der Waals surface area contributed by atoms with E-state index in [0.29, 0.717) is 11.5 Å². The van der Waals surface area contributed by atoms with E-state index < -0.39 is 0 Å². The minimum Gasteiger partial charge on any atom is -0.262 e.